The third-order valence-corrected chi connectivity index (χ3v) is 17.8. The minimum absolute atomic E-state index is 0.0633. The molecule has 0 heterocycles. The van der Waals surface area contributed by atoms with Crippen LogP contribution in [0.2, 0.25) is 0 Å². The van der Waals surface area contributed by atoms with Gasteiger partial charge in [-0.3, -0.25) is 0 Å². The van der Waals surface area contributed by atoms with Gasteiger partial charge in [-0.15, -0.1) is 0 Å². The summed E-state index contributed by atoms with van der Waals surface area (Å²) in [7, 11) is -6.50. The molecule has 0 rings (SSSR count). The van der Waals surface area contributed by atoms with E-state index in [1.54, 1.807) is 0 Å². The molecule has 0 aromatic carbocycles. The van der Waals surface area contributed by atoms with Crippen LogP contribution in [0.1, 0.15) is 13.8 Å². The molecule has 11 heavy (non-hydrogen) atoms. The summed E-state index contributed by atoms with van der Waals surface area (Å²) in [5, 5.41) is 0. The van der Waals surface area contributed by atoms with Crippen molar-refractivity contribution in [2.24, 2.45) is 0 Å². The van der Waals surface area contributed by atoms with Gasteiger partial charge in [0.05, 0.1) is 0 Å². The Kier molecular flexibility index (Phi) is 4.06. The fraction of sp³-hybridized carbons (Fsp3) is 1.00. The first-order chi connectivity index (χ1) is 4.83. The predicted octanol–water partition coefficient (Wildman–Crippen LogP) is -0.610. The molecule has 0 aliphatic carbocycles. The third-order valence-electron chi connectivity index (χ3n) is 1.01. The van der Waals surface area contributed by atoms with Gasteiger partial charge in [0, 0.05) is 0 Å². The number of hydrogen-bond acceptors (Lipinski definition) is 4. The van der Waals surface area contributed by atoms with Crippen LogP contribution in [0, 0.1) is 0 Å². The molecule has 0 aromatic heterocycles. The van der Waals surface area contributed by atoms with Crippen LogP contribution in [-0.4, -0.2) is 41.5 Å². The molecule has 7 heteroatoms. The Morgan fingerprint density at radius 1 is 0.909 bits per heavy atom. The van der Waals surface area contributed by atoms with E-state index in [2.05, 4.69) is 0 Å². The number of rotatable bonds is 4. The summed E-state index contributed by atoms with van der Waals surface area (Å²) in [6.45, 7) is 2.92. The first kappa shape index (κ1) is 11.4. The first-order valence-corrected chi connectivity index (χ1v) is 11.5. The van der Waals surface area contributed by atoms with Crippen molar-refractivity contribution in [2.75, 3.05) is 11.5 Å². The Morgan fingerprint density at radius 3 is 1.36 bits per heavy atom. The molecule has 0 saturated heterocycles. The van der Waals surface area contributed by atoms with Crippen molar-refractivity contribution >= 4 is 29.5 Å². The second-order valence-corrected chi connectivity index (χ2v) is 17.1. The summed E-state index contributed by atoms with van der Waals surface area (Å²) in [4.78, 5) is 0. The van der Waals surface area contributed by atoms with Crippen LogP contribution in [0.3, 0.4) is 0 Å². The van der Waals surface area contributed by atoms with Crippen molar-refractivity contribution in [2.45, 2.75) is 13.8 Å². The fourth-order valence-electron chi connectivity index (χ4n) is 0.311. The van der Waals surface area contributed by atoms with E-state index in [1.807, 2.05) is 0 Å². The van der Waals surface area contributed by atoms with Crippen LogP contribution in [0.4, 0.5) is 0 Å². The molecule has 0 unspecified atom stereocenters. The Hall–Kier alpha value is 0.443. The first-order valence-electron chi connectivity index (χ1n) is 3.07. The second kappa shape index (κ2) is 3.90. The Balaban J connectivity index is 4.54. The quantitative estimate of drug-likeness (QED) is 0.631. The van der Waals surface area contributed by atoms with Gasteiger partial charge >= 0.3 is 71.7 Å². The van der Waals surface area contributed by atoms with Crippen molar-refractivity contribution in [3.05, 3.63) is 0 Å². The van der Waals surface area contributed by atoms with Crippen LogP contribution in [0.5, 0.6) is 0 Å². The predicted molar refractivity (Wildman–Crippen MR) is 44.7 cm³/mol. The topological polar surface area (TPSA) is 68.3 Å². The van der Waals surface area contributed by atoms with Gasteiger partial charge in [0.2, 0.25) is 0 Å². The van der Waals surface area contributed by atoms with Gasteiger partial charge in [0.1, 0.15) is 0 Å². The van der Waals surface area contributed by atoms with Crippen molar-refractivity contribution in [3.63, 3.8) is 0 Å². The van der Waals surface area contributed by atoms with Crippen molar-refractivity contribution < 1.29 is 16.8 Å². The summed E-state index contributed by atoms with van der Waals surface area (Å²) in [5.41, 5.74) is 0. The summed E-state index contributed by atoms with van der Waals surface area (Å²) < 4.78 is 43.4. The molecular formula is C4H10GeO4S2. The van der Waals surface area contributed by atoms with Gasteiger partial charge < -0.3 is 0 Å². The van der Waals surface area contributed by atoms with E-state index in [1.165, 1.54) is 13.8 Å². The average molecular weight is 259 g/mol. The van der Waals surface area contributed by atoms with Crippen LogP contribution < -0.4 is 0 Å². The minimum atomic E-state index is -3.25. The Labute approximate surface area is 71.7 Å². The molecule has 0 atom stereocenters. The van der Waals surface area contributed by atoms with E-state index < -0.39 is 29.5 Å². The zero-order valence-electron chi connectivity index (χ0n) is 6.36. The molecule has 0 fully saturated rings. The molecule has 0 bridgehead atoms. The zero-order chi connectivity index (χ0) is 9.12. The van der Waals surface area contributed by atoms with Gasteiger partial charge in [-0.05, 0) is 0 Å². The molecule has 0 spiro atoms. The summed E-state index contributed by atoms with van der Waals surface area (Å²) in [5.74, 6) is -0.127. The molecule has 0 amide bonds. The van der Waals surface area contributed by atoms with Crippen LogP contribution in [0.15, 0.2) is 0 Å². The molecule has 0 aliphatic rings. The standard InChI is InChI=1S/C4H10GeO4S2/c1-3-10(6,7)5-11(8,9)4-2/h3-4H2,1-2H3. The second-order valence-electron chi connectivity index (χ2n) is 1.89. The van der Waals surface area contributed by atoms with Gasteiger partial charge in [0.15, 0.2) is 0 Å². The Bertz CT molecular complexity index is 269. The summed E-state index contributed by atoms with van der Waals surface area (Å²) in [6, 6.07) is 0. The van der Waals surface area contributed by atoms with E-state index >= 15 is 0 Å². The maximum atomic E-state index is 10.9. The van der Waals surface area contributed by atoms with Crippen LogP contribution in [-0.2, 0) is 16.3 Å². The van der Waals surface area contributed by atoms with Gasteiger partial charge in [0.25, 0.3) is 0 Å². The van der Waals surface area contributed by atoms with Gasteiger partial charge in [-0.1, -0.05) is 0 Å². The van der Waals surface area contributed by atoms with Crippen LogP contribution >= 0.6 is 0 Å². The van der Waals surface area contributed by atoms with Crippen LogP contribution in [0.25, 0.3) is 0 Å². The summed E-state index contributed by atoms with van der Waals surface area (Å²) in [6.07, 6.45) is 0. The zero-order valence-corrected chi connectivity index (χ0v) is 10.1. The van der Waals surface area contributed by atoms with E-state index in [0.717, 1.165) is 0 Å². The molecular weight excluding hydrogens is 249 g/mol. The molecule has 0 N–H and O–H groups in total. The molecule has 2 radical (unpaired) electrons. The maximum absolute atomic E-state index is 10.9. The molecule has 66 valence electrons. The molecule has 0 aromatic rings. The summed E-state index contributed by atoms with van der Waals surface area (Å²) >= 11 is -1.86. The molecule has 0 saturated carbocycles. The molecule has 4 nitrogen and oxygen atoms in total. The van der Waals surface area contributed by atoms with E-state index in [0.29, 0.717) is 0 Å². The monoisotopic (exact) mass is 260 g/mol. The average Bonchev–Trinajstić information content (AvgIpc) is 1.86. The molecule has 0 aliphatic heterocycles. The van der Waals surface area contributed by atoms with E-state index in [-0.39, 0.29) is 11.5 Å². The van der Waals surface area contributed by atoms with Crippen molar-refractivity contribution in [1.29, 1.82) is 0 Å². The van der Waals surface area contributed by atoms with Crippen molar-refractivity contribution in [3.8, 4) is 0 Å². The normalized spacial score (nSPS) is 13.3. The number of hydrogen-bond donors (Lipinski definition) is 0. The SMILES string of the molecule is CC[S](=O)(=O)[Ge][S](=O)(=O)CC. The third kappa shape index (κ3) is 4.81. The van der Waals surface area contributed by atoms with Crippen molar-refractivity contribution in [1.82, 2.24) is 0 Å². The van der Waals surface area contributed by atoms with E-state index in [4.69, 9.17) is 0 Å². The van der Waals surface area contributed by atoms with Gasteiger partial charge in [-0.2, -0.15) is 0 Å². The van der Waals surface area contributed by atoms with E-state index in [9.17, 15) is 16.8 Å². The van der Waals surface area contributed by atoms with Gasteiger partial charge in [-0.25, -0.2) is 0 Å². The Morgan fingerprint density at radius 2 is 1.18 bits per heavy atom. The fourth-order valence-corrected chi connectivity index (χ4v) is 14.6.